The number of hydrogen-bond acceptors (Lipinski definition) is 4. The molecule has 4 nitrogen and oxygen atoms in total. The second-order valence-electron chi connectivity index (χ2n) is 14.9. The maximum atomic E-state index is 14.3. The Morgan fingerprint density at radius 1 is 0.339 bits per heavy atom. The van der Waals surface area contributed by atoms with Gasteiger partial charge in [0.05, 0.1) is 41.9 Å². The summed E-state index contributed by atoms with van der Waals surface area (Å²) in [5, 5.41) is 0.00241. The Balaban J connectivity index is 1.35. The molecule has 0 unspecified atom stereocenters. The second-order valence-corrected chi connectivity index (χ2v) is 18.6. The molecule has 2 aliphatic carbocycles. The lowest BCUT2D eigenvalue weighted by Crippen LogP contribution is -2.17. The quantitative estimate of drug-likeness (QED) is 0.162. The summed E-state index contributed by atoms with van der Waals surface area (Å²) in [7, 11) is -9.26. The summed E-state index contributed by atoms with van der Waals surface area (Å²) in [4.78, 5) is -1.76. The summed E-state index contributed by atoms with van der Waals surface area (Å²) in [5.74, 6) is 0. The summed E-state index contributed by atoms with van der Waals surface area (Å²) in [5.41, 5.74) is -9.35. The average molecular weight is 903 g/mol. The molecule has 0 bridgehead atoms. The third-order valence-corrected chi connectivity index (χ3v) is 15.0. The molecular weight excluding hydrogens is 885 g/mol. The number of allylic oxidation sites excluding steroid dienone is 2. The Hall–Kier alpha value is -6.14. The van der Waals surface area contributed by atoms with Gasteiger partial charge in [-0.3, -0.25) is 0 Å². The monoisotopic (exact) mass is 902 g/mol. The Bertz CT molecular complexity index is 3240. The maximum Gasteiger partial charge on any atom is 0.416 e. The van der Waals surface area contributed by atoms with Crippen molar-refractivity contribution < 1.29 is 69.5 Å². The van der Waals surface area contributed by atoms with E-state index in [1.54, 1.807) is 0 Å². The van der Waals surface area contributed by atoms with Crippen LogP contribution in [0.15, 0.2) is 129 Å². The minimum Gasteiger partial charge on any atom is -0.218 e. The van der Waals surface area contributed by atoms with Crippen molar-refractivity contribution in [3.63, 3.8) is 0 Å². The summed E-state index contributed by atoms with van der Waals surface area (Å²) in [6.45, 7) is 0. The van der Waals surface area contributed by atoms with E-state index >= 15 is 0 Å². The number of halogens is 12. The highest BCUT2D eigenvalue weighted by Crippen LogP contribution is 2.53. The number of hydrogen-bond donors (Lipinski definition) is 0. The van der Waals surface area contributed by atoms with Crippen molar-refractivity contribution in [2.24, 2.45) is 0 Å². The fourth-order valence-electron chi connectivity index (χ4n) is 8.80. The molecule has 0 fully saturated rings. The van der Waals surface area contributed by atoms with Crippen molar-refractivity contribution in [1.29, 1.82) is 0 Å². The molecule has 0 radical (unpaired) electrons. The third kappa shape index (κ3) is 5.60. The Labute approximate surface area is 340 Å². The zero-order chi connectivity index (χ0) is 44.4. The van der Waals surface area contributed by atoms with Crippen molar-refractivity contribution in [3.05, 3.63) is 185 Å². The van der Waals surface area contributed by atoms with E-state index in [0.717, 1.165) is 0 Å². The number of sulfone groups is 2. The molecule has 0 spiro atoms. The molecule has 4 aliphatic rings. The lowest BCUT2D eigenvalue weighted by molar-refractivity contribution is -0.144. The average Bonchev–Trinajstić information content (AvgIpc) is 3.84. The first-order valence-electron chi connectivity index (χ1n) is 17.9. The molecule has 0 amide bonds. The van der Waals surface area contributed by atoms with Gasteiger partial charge in [0.1, 0.15) is 0 Å². The van der Waals surface area contributed by atoms with Gasteiger partial charge in [0, 0.05) is 33.4 Å². The van der Waals surface area contributed by atoms with Gasteiger partial charge in [0.15, 0.2) is 0 Å². The van der Waals surface area contributed by atoms with Crippen LogP contribution in [0.1, 0.15) is 55.6 Å². The molecule has 6 aromatic carbocycles. The zero-order valence-electron chi connectivity index (χ0n) is 30.4. The van der Waals surface area contributed by atoms with Gasteiger partial charge < -0.3 is 0 Å². The highest BCUT2D eigenvalue weighted by atomic mass is 32.2. The van der Waals surface area contributed by atoms with Crippen molar-refractivity contribution in [1.82, 2.24) is 0 Å². The predicted molar refractivity (Wildman–Crippen MR) is 200 cm³/mol. The van der Waals surface area contributed by atoms with Crippen molar-refractivity contribution in [2.45, 2.75) is 34.5 Å². The number of benzene rings is 6. The lowest BCUT2D eigenvalue weighted by atomic mass is 9.93. The fourth-order valence-corrected chi connectivity index (χ4v) is 12.6. The van der Waals surface area contributed by atoms with Crippen molar-refractivity contribution in [3.8, 4) is 0 Å². The Morgan fingerprint density at radius 2 is 0.645 bits per heavy atom. The number of fused-ring (bicyclic) bond motifs is 9. The molecule has 2 aliphatic heterocycles. The van der Waals surface area contributed by atoms with Crippen LogP contribution in [-0.4, -0.2) is 16.8 Å². The van der Waals surface area contributed by atoms with Gasteiger partial charge in [-0.2, -0.15) is 52.7 Å². The normalized spacial score (nSPS) is 17.4. The minimum absolute atomic E-state index is 0.0124. The summed E-state index contributed by atoms with van der Waals surface area (Å²) < 4.78 is 228. The van der Waals surface area contributed by atoms with E-state index in [-0.39, 0.29) is 76.5 Å². The molecule has 10 rings (SSSR count). The lowest BCUT2D eigenvalue weighted by Gasteiger charge is -2.16. The number of alkyl halides is 12. The number of rotatable bonds is 2. The molecule has 6 aromatic rings. The molecule has 2 heterocycles. The molecular formula is C44H18F12O4S2. The second kappa shape index (κ2) is 12.3. The molecule has 0 saturated heterocycles. The van der Waals surface area contributed by atoms with E-state index in [1.165, 1.54) is 72.8 Å². The van der Waals surface area contributed by atoms with E-state index in [9.17, 15) is 69.5 Å². The van der Waals surface area contributed by atoms with E-state index in [4.69, 9.17) is 0 Å². The van der Waals surface area contributed by atoms with Crippen LogP contribution in [0, 0.1) is 0 Å². The Morgan fingerprint density at radius 3 is 0.952 bits per heavy atom. The topological polar surface area (TPSA) is 68.3 Å². The molecule has 0 N–H and O–H groups in total. The highest BCUT2D eigenvalue weighted by Gasteiger charge is 2.47. The van der Waals surface area contributed by atoms with Gasteiger partial charge in [0.25, 0.3) is 0 Å². The molecule has 18 heteroatoms. The van der Waals surface area contributed by atoms with Gasteiger partial charge in [0.2, 0.25) is 19.7 Å². The van der Waals surface area contributed by atoms with Crippen molar-refractivity contribution in [2.75, 3.05) is 0 Å². The zero-order valence-corrected chi connectivity index (χ0v) is 32.0. The molecule has 314 valence electrons. The summed E-state index contributed by atoms with van der Waals surface area (Å²) >= 11 is 0. The van der Waals surface area contributed by atoms with Crippen LogP contribution in [0.2, 0.25) is 0 Å². The summed E-state index contributed by atoms with van der Waals surface area (Å²) in [6.07, 6.45) is -21.2. The van der Waals surface area contributed by atoms with Gasteiger partial charge >= 0.3 is 24.7 Å². The van der Waals surface area contributed by atoms with Gasteiger partial charge in [-0.1, -0.05) is 36.4 Å². The van der Waals surface area contributed by atoms with Gasteiger partial charge in [-0.05, 0) is 116 Å². The van der Waals surface area contributed by atoms with Gasteiger partial charge in [-0.15, -0.1) is 0 Å². The first-order valence-corrected chi connectivity index (χ1v) is 20.9. The molecule has 62 heavy (non-hydrogen) atoms. The third-order valence-electron chi connectivity index (χ3n) is 11.3. The standard InChI is InChI=1S/C44H18F12O4S2/c45-41(46,47)23-9-21(10-24(17-23)42(48,49)50)35-29-13-20-16-32-30(14-19(20)15-31(29)37-27-5-1-3-7-33(27)61(57,58)39(35)37)36(40-38(32)28-6-2-4-8-34(28)62(40,59)60)22-11-25(43(51,52)53)18-26(12-22)44(54,55)56/h1-18H. The van der Waals surface area contributed by atoms with Gasteiger partial charge in [-0.25, -0.2) is 16.8 Å². The predicted octanol–water partition coefficient (Wildman–Crippen LogP) is 10.4. The van der Waals surface area contributed by atoms with E-state index in [1.807, 2.05) is 0 Å². The summed E-state index contributed by atoms with van der Waals surface area (Å²) in [6, 6.07) is 17.5. The van der Waals surface area contributed by atoms with Crippen LogP contribution in [0.4, 0.5) is 52.7 Å². The maximum absolute atomic E-state index is 14.3. The van der Waals surface area contributed by atoms with Crippen LogP contribution in [0.5, 0.6) is 0 Å². The smallest absolute Gasteiger partial charge is 0.218 e. The minimum atomic E-state index is -5.31. The van der Waals surface area contributed by atoms with Crippen LogP contribution < -0.4 is 10.4 Å². The van der Waals surface area contributed by atoms with E-state index in [2.05, 4.69) is 0 Å². The molecule has 0 aromatic heterocycles. The molecule has 0 saturated carbocycles. The van der Waals surface area contributed by atoms with Crippen LogP contribution in [-0.2, 0) is 44.4 Å². The van der Waals surface area contributed by atoms with Crippen LogP contribution in [0.25, 0.3) is 33.1 Å². The molecule has 0 atom stereocenters. The largest absolute Gasteiger partial charge is 0.416 e. The van der Waals surface area contributed by atoms with E-state index < -0.39 is 98.7 Å². The highest BCUT2D eigenvalue weighted by molar-refractivity contribution is 7.97. The fraction of sp³-hybridized carbons (Fsp3) is 0.0909. The first-order chi connectivity index (χ1) is 28.8. The van der Waals surface area contributed by atoms with E-state index in [0.29, 0.717) is 24.3 Å². The van der Waals surface area contributed by atoms with Crippen LogP contribution >= 0.6 is 0 Å². The SMILES string of the molecule is O=S1(=O)C2=C(c3ccccc31)c1cc3cc4c(cc3cc1=C2c1cc(C(F)(F)F)cc(C(F)(F)F)c1)C1=C(C=4c2cc(C(F)(F)F)cc(C(F)(F)F)c2)S(=O)(=O)c2ccccc21. The Kier molecular flexibility index (Phi) is 7.91. The first kappa shape index (κ1) is 40.0. The van der Waals surface area contributed by atoms with Crippen LogP contribution in [0.3, 0.4) is 0 Å². The van der Waals surface area contributed by atoms with Crippen molar-refractivity contribution >= 4 is 52.7 Å².